The molecule has 0 aliphatic heterocycles. The van der Waals surface area contributed by atoms with Crippen LogP contribution in [0, 0.1) is 0 Å². The standard InChI is InChI=1S/C30H36N2O5/c1-4-9-25-27(15-14-24(21(3)33)29(25)34)37-20-23-12-13-26(28(18-23)36-5-2)30(35)32-17-7-6-10-22-11-8-16-31-19-22/h8,11-16,18-19,34H,4-7,9-10,17,20H2,1-3H3,(H,32,35). The zero-order valence-electron chi connectivity index (χ0n) is 21.9. The van der Waals surface area contributed by atoms with E-state index in [0.717, 1.165) is 31.2 Å². The molecular weight excluding hydrogens is 468 g/mol. The first-order valence-electron chi connectivity index (χ1n) is 12.9. The van der Waals surface area contributed by atoms with Crippen molar-refractivity contribution in [2.24, 2.45) is 0 Å². The number of ether oxygens (including phenoxy) is 2. The lowest BCUT2D eigenvalue weighted by atomic mass is 10.0. The number of ketones is 1. The molecule has 1 aromatic heterocycles. The SMILES string of the molecule is CCCc1c(OCc2ccc(C(=O)NCCCCc3cccnc3)c(OCC)c2)ccc(C(C)=O)c1O. The first-order chi connectivity index (χ1) is 17.9. The largest absolute Gasteiger partial charge is 0.507 e. The number of nitrogens with zero attached hydrogens (tertiary/aromatic N) is 1. The van der Waals surface area contributed by atoms with Crippen LogP contribution in [0.5, 0.6) is 17.2 Å². The molecule has 0 saturated carbocycles. The predicted molar refractivity (Wildman–Crippen MR) is 144 cm³/mol. The molecule has 37 heavy (non-hydrogen) atoms. The summed E-state index contributed by atoms with van der Waals surface area (Å²) in [5.74, 6) is 0.655. The van der Waals surface area contributed by atoms with Gasteiger partial charge >= 0.3 is 0 Å². The van der Waals surface area contributed by atoms with Crippen LogP contribution in [0.4, 0.5) is 0 Å². The Morgan fingerprint density at radius 3 is 2.46 bits per heavy atom. The van der Waals surface area contributed by atoms with Crippen molar-refractivity contribution in [1.82, 2.24) is 10.3 Å². The zero-order chi connectivity index (χ0) is 26.6. The molecule has 0 aliphatic carbocycles. The smallest absolute Gasteiger partial charge is 0.255 e. The quantitative estimate of drug-likeness (QED) is 0.217. The highest BCUT2D eigenvalue weighted by molar-refractivity contribution is 5.97. The number of aromatic nitrogens is 1. The number of phenolic OH excluding ortho intramolecular Hbond substituents is 1. The molecule has 0 atom stereocenters. The van der Waals surface area contributed by atoms with E-state index in [1.54, 1.807) is 24.4 Å². The molecular formula is C30H36N2O5. The van der Waals surface area contributed by atoms with Gasteiger partial charge in [-0.3, -0.25) is 14.6 Å². The minimum atomic E-state index is -0.190. The monoisotopic (exact) mass is 504 g/mol. The highest BCUT2D eigenvalue weighted by Gasteiger charge is 2.17. The van der Waals surface area contributed by atoms with Crippen molar-refractivity contribution in [1.29, 1.82) is 0 Å². The molecule has 2 aromatic carbocycles. The number of amides is 1. The van der Waals surface area contributed by atoms with Crippen molar-refractivity contribution >= 4 is 11.7 Å². The number of hydrogen-bond acceptors (Lipinski definition) is 6. The highest BCUT2D eigenvalue weighted by atomic mass is 16.5. The molecule has 0 bridgehead atoms. The van der Waals surface area contributed by atoms with Gasteiger partial charge in [-0.1, -0.05) is 25.5 Å². The number of nitrogens with one attached hydrogen (secondary N) is 1. The van der Waals surface area contributed by atoms with Gasteiger partial charge in [0, 0.05) is 24.5 Å². The Balaban J connectivity index is 1.62. The molecule has 0 spiro atoms. The van der Waals surface area contributed by atoms with Crippen LogP contribution in [0.25, 0.3) is 0 Å². The molecule has 1 heterocycles. The van der Waals surface area contributed by atoms with Crippen molar-refractivity contribution < 1.29 is 24.2 Å². The highest BCUT2D eigenvalue weighted by Crippen LogP contribution is 2.33. The molecule has 3 aromatic rings. The topological polar surface area (TPSA) is 97.8 Å². The summed E-state index contributed by atoms with van der Waals surface area (Å²) >= 11 is 0. The summed E-state index contributed by atoms with van der Waals surface area (Å²) in [6.45, 7) is 6.54. The van der Waals surface area contributed by atoms with Crippen LogP contribution >= 0.6 is 0 Å². The van der Waals surface area contributed by atoms with Crippen molar-refractivity contribution in [3.63, 3.8) is 0 Å². The first kappa shape index (κ1) is 27.7. The number of carbonyl (C=O) groups excluding carboxylic acids is 2. The van der Waals surface area contributed by atoms with Gasteiger partial charge < -0.3 is 19.9 Å². The van der Waals surface area contributed by atoms with E-state index in [-0.39, 0.29) is 24.0 Å². The van der Waals surface area contributed by atoms with E-state index in [1.807, 2.05) is 38.2 Å². The van der Waals surface area contributed by atoms with Gasteiger partial charge in [-0.25, -0.2) is 0 Å². The van der Waals surface area contributed by atoms with Crippen LogP contribution in [0.15, 0.2) is 54.9 Å². The van der Waals surface area contributed by atoms with Gasteiger partial charge in [0.1, 0.15) is 23.9 Å². The fourth-order valence-electron chi connectivity index (χ4n) is 4.11. The fourth-order valence-corrected chi connectivity index (χ4v) is 4.11. The summed E-state index contributed by atoms with van der Waals surface area (Å²) in [6.07, 6.45) is 7.78. The number of Topliss-reactive ketones (excluding diaryl/α,β-unsaturated/α-hetero) is 1. The van der Waals surface area contributed by atoms with E-state index in [0.29, 0.717) is 47.8 Å². The molecule has 0 radical (unpaired) electrons. The number of pyridine rings is 1. The summed E-state index contributed by atoms with van der Waals surface area (Å²) in [5.41, 5.74) is 3.42. The van der Waals surface area contributed by atoms with Gasteiger partial charge in [0.05, 0.1) is 17.7 Å². The number of carbonyl (C=O) groups is 2. The number of aryl methyl sites for hydroxylation is 1. The van der Waals surface area contributed by atoms with Crippen LogP contribution in [0.1, 0.15) is 77.4 Å². The van der Waals surface area contributed by atoms with E-state index in [1.165, 1.54) is 12.5 Å². The normalized spacial score (nSPS) is 10.7. The van der Waals surface area contributed by atoms with Crippen LogP contribution in [0.3, 0.4) is 0 Å². The minimum absolute atomic E-state index is 0.0192. The Morgan fingerprint density at radius 1 is 0.946 bits per heavy atom. The van der Waals surface area contributed by atoms with Gasteiger partial charge in [0.15, 0.2) is 5.78 Å². The van der Waals surface area contributed by atoms with Crippen molar-refractivity contribution in [3.05, 3.63) is 82.7 Å². The molecule has 7 nitrogen and oxygen atoms in total. The number of phenols is 1. The number of aromatic hydroxyl groups is 1. The van der Waals surface area contributed by atoms with Crippen molar-refractivity contribution in [3.8, 4) is 17.2 Å². The Bertz CT molecular complexity index is 1190. The number of rotatable bonds is 14. The molecule has 3 rings (SSSR count). The second-order valence-corrected chi connectivity index (χ2v) is 8.87. The van der Waals surface area contributed by atoms with Crippen LogP contribution in [-0.2, 0) is 19.4 Å². The zero-order valence-corrected chi connectivity index (χ0v) is 21.9. The molecule has 196 valence electrons. The van der Waals surface area contributed by atoms with Crippen LogP contribution in [-0.4, -0.2) is 34.9 Å². The summed E-state index contributed by atoms with van der Waals surface area (Å²) in [6, 6.07) is 12.7. The van der Waals surface area contributed by atoms with Crippen molar-refractivity contribution in [2.75, 3.05) is 13.2 Å². The summed E-state index contributed by atoms with van der Waals surface area (Å²) in [7, 11) is 0. The first-order valence-corrected chi connectivity index (χ1v) is 12.9. The van der Waals surface area contributed by atoms with Gasteiger partial charge in [0.2, 0.25) is 0 Å². The van der Waals surface area contributed by atoms with Crippen molar-refractivity contribution in [2.45, 2.75) is 59.5 Å². The fraction of sp³-hybridized carbons (Fsp3) is 0.367. The predicted octanol–water partition coefficient (Wildman–Crippen LogP) is 5.67. The molecule has 0 unspecified atom stereocenters. The maximum atomic E-state index is 12.8. The second kappa shape index (κ2) is 14.0. The molecule has 1 amide bonds. The van der Waals surface area contributed by atoms with Gasteiger partial charge in [0.25, 0.3) is 5.91 Å². The van der Waals surface area contributed by atoms with Gasteiger partial charge in [-0.05, 0) is 81.0 Å². The van der Waals surface area contributed by atoms with E-state index in [4.69, 9.17) is 9.47 Å². The number of hydrogen-bond donors (Lipinski definition) is 2. The van der Waals surface area contributed by atoms with E-state index in [2.05, 4.69) is 16.4 Å². The average Bonchev–Trinajstić information content (AvgIpc) is 2.89. The molecule has 0 aliphatic rings. The summed E-state index contributed by atoms with van der Waals surface area (Å²) < 4.78 is 11.8. The lowest BCUT2D eigenvalue weighted by molar-refractivity contribution is 0.0948. The maximum absolute atomic E-state index is 12.8. The van der Waals surface area contributed by atoms with E-state index < -0.39 is 0 Å². The van der Waals surface area contributed by atoms with E-state index >= 15 is 0 Å². The van der Waals surface area contributed by atoms with Gasteiger partial charge in [-0.15, -0.1) is 0 Å². The average molecular weight is 505 g/mol. The third-order valence-corrected chi connectivity index (χ3v) is 6.00. The van der Waals surface area contributed by atoms with Crippen LogP contribution < -0.4 is 14.8 Å². The molecule has 7 heteroatoms. The Hall–Kier alpha value is -3.87. The van der Waals surface area contributed by atoms with E-state index in [9.17, 15) is 14.7 Å². The molecule has 0 fully saturated rings. The second-order valence-electron chi connectivity index (χ2n) is 8.87. The third kappa shape index (κ3) is 7.81. The Kier molecular flexibility index (Phi) is 10.5. The Labute approximate surface area is 218 Å². The number of unbranched alkanes of at least 4 members (excludes halogenated alkanes) is 1. The van der Waals surface area contributed by atoms with Gasteiger partial charge in [-0.2, -0.15) is 0 Å². The summed E-state index contributed by atoms with van der Waals surface area (Å²) in [5, 5.41) is 13.6. The molecule has 0 saturated heterocycles. The molecule has 2 N–H and O–H groups in total. The third-order valence-electron chi connectivity index (χ3n) is 6.00. The minimum Gasteiger partial charge on any atom is -0.507 e. The lowest BCUT2D eigenvalue weighted by Gasteiger charge is -2.16. The lowest BCUT2D eigenvalue weighted by Crippen LogP contribution is -2.25. The Morgan fingerprint density at radius 2 is 1.76 bits per heavy atom. The van der Waals surface area contributed by atoms with Crippen LogP contribution in [0.2, 0.25) is 0 Å². The maximum Gasteiger partial charge on any atom is 0.255 e. The number of benzene rings is 2. The summed E-state index contributed by atoms with van der Waals surface area (Å²) in [4.78, 5) is 28.8.